The Morgan fingerprint density at radius 3 is 2.43 bits per heavy atom. The van der Waals surface area contributed by atoms with E-state index in [0.717, 1.165) is 12.0 Å². The normalized spacial score (nSPS) is 16.3. The predicted molar refractivity (Wildman–Crippen MR) is 188 cm³/mol. The second-order valence-corrected chi connectivity index (χ2v) is 20.4. The number of anilines is 1. The van der Waals surface area contributed by atoms with Crippen molar-refractivity contribution in [3.63, 3.8) is 0 Å². The molecule has 0 spiro atoms. The number of piperazine rings is 1. The molecule has 0 saturated carbocycles. The molecule has 1 atom stereocenters. The van der Waals surface area contributed by atoms with E-state index in [1.54, 1.807) is 11.1 Å². The van der Waals surface area contributed by atoms with Crippen LogP contribution in [-0.2, 0) is 15.6 Å². The third-order valence-electron chi connectivity index (χ3n) is 8.98. The second-order valence-electron chi connectivity index (χ2n) is 15.2. The molecule has 10 nitrogen and oxygen atoms in total. The first-order valence-electron chi connectivity index (χ1n) is 16.4. The van der Waals surface area contributed by atoms with Crippen LogP contribution in [0.15, 0.2) is 23.1 Å². The maximum Gasteiger partial charge on any atom is 0.410 e. The molecule has 4 heterocycles. The molecule has 0 aromatic carbocycles. The van der Waals surface area contributed by atoms with Crippen molar-refractivity contribution in [2.45, 2.75) is 111 Å². The molecule has 3 aromatic rings. The quantitative estimate of drug-likeness (QED) is 0.136. The van der Waals surface area contributed by atoms with E-state index < -0.39 is 31.5 Å². The van der Waals surface area contributed by atoms with Gasteiger partial charge in [-0.15, -0.1) is 0 Å². The van der Waals surface area contributed by atoms with E-state index in [1.165, 1.54) is 10.6 Å². The summed E-state index contributed by atoms with van der Waals surface area (Å²) in [6.07, 6.45) is 2.71. The summed E-state index contributed by atoms with van der Waals surface area (Å²) in [5.41, 5.74) is 1.18. The maximum atomic E-state index is 15.1. The van der Waals surface area contributed by atoms with Crippen LogP contribution in [0.4, 0.5) is 15.0 Å². The fraction of sp³-hybridized carbons (Fsp3) is 0.618. The van der Waals surface area contributed by atoms with Gasteiger partial charge in [0.15, 0.2) is 24.9 Å². The molecule has 1 saturated heterocycles. The summed E-state index contributed by atoms with van der Waals surface area (Å²) in [5, 5.41) is 0.0964. The molecule has 1 aliphatic rings. The van der Waals surface area contributed by atoms with E-state index >= 15 is 4.39 Å². The minimum atomic E-state index is -1.93. The molecular weight excluding hydrogens is 639 g/mol. The van der Waals surface area contributed by atoms with Crippen LogP contribution in [-0.4, -0.2) is 76.7 Å². The molecule has 1 fully saturated rings. The predicted octanol–water partition coefficient (Wildman–Crippen LogP) is 7.49. The van der Waals surface area contributed by atoms with Crippen molar-refractivity contribution in [2.24, 2.45) is 0 Å². The molecule has 258 valence electrons. The summed E-state index contributed by atoms with van der Waals surface area (Å²) in [4.78, 5) is 44.1. The van der Waals surface area contributed by atoms with Gasteiger partial charge in [-0.1, -0.05) is 46.2 Å². The highest BCUT2D eigenvalue weighted by Crippen LogP contribution is 2.37. The van der Waals surface area contributed by atoms with Crippen molar-refractivity contribution in [1.82, 2.24) is 24.4 Å². The van der Waals surface area contributed by atoms with Crippen molar-refractivity contribution < 1.29 is 18.3 Å². The van der Waals surface area contributed by atoms with Crippen molar-refractivity contribution >= 4 is 42.9 Å². The Morgan fingerprint density at radius 2 is 1.83 bits per heavy atom. The van der Waals surface area contributed by atoms with Crippen molar-refractivity contribution in [1.29, 1.82) is 0 Å². The molecule has 1 unspecified atom stereocenters. The molecule has 3 aromatic heterocycles. The van der Waals surface area contributed by atoms with E-state index in [1.807, 2.05) is 52.5 Å². The van der Waals surface area contributed by atoms with Crippen molar-refractivity contribution in [3.8, 4) is 5.69 Å². The van der Waals surface area contributed by atoms with Gasteiger partial charge in [0, 0.05) is 38.5 Å². The zero-order valence-electron chi connectivity index (χ0n) is 29.7. The number of rotatable bonds is 8. The largest absolute Gasteiger partial charge is 0.444 e. The van der Waals surface area contributed by atoms with E-state index in [-0.39, 0.29) is 27.8 Å². The number of hydrogen-bond acceptors (Lipinski definition) is 8. The molecule has 13 heteroatoms. The van der Waals surface area contributed by atoms with Crippen molar-refractivity contribution in [2.75, 3.05) is 31.1 Å². The number of aromatic nitrogens is 4. The van der Waals surface area contributed by atoms with Gasteiger partial charge in [0.05, 0.1) is 16.8 Å². The third-order valence-corrected chi connectivity index (χ3v) is 13.8. The average molecular weight is 689 g/mol. The van der Waals surface area contributed by atoms with Gasteiger partial charge in [-0.2, -0.15) is 4.98 Å². The Kier molecular flexibility index (Phi) is 10.8. The summed E-state index contributed by atoms with van der Waals surface area (Å²) in [7, 11) is -1.93. The van der Waals surface area contributed by atoms with E-state index in [4.69, 9.17) is 20.8 Å². The number of halogens is 2. The van der Waals surface area contributed by atoms with Crippen LogP contribution in [0.2, 0.25) is 23.3 Å². The molecule has 0 N–H and O–H groups in total. The fourth-order valence-electron chi connectivity index (χ4n) is 5.47. The summed E-state index contributed by atoms with van der Waals surface area (Å²) >= 11 is 6.28. The van der Waals surface area contributed by atoms with Gasteiger partial charge < -0.3 is 19.0 Å². The lowest BCUT2D eigenvalue weighted by atomic mass is 10.0. The Labute approximate surface area is 283 Å². The van der Waals surface area contributed by atoms with Crippen LogP contribution in [0.5, 0.6) is 0 Å². The second kappa shape index (κ2) is 13.8. The topological polar surface area (TPSA) is 103 Å². The number of aryl methyl sites for hydroxylation is 1. The summed E-state index contributed by atoms with van der Waals surface area (Å²) in [6.45, 7) is 24.2. The van der Waals surface area contributed by atoms with Crippen LogP contribution in [0, 0.1) is 5.82 Å². The van der Waals surface area contributed by atoms with Gasteiger partial charge in [-0.25, -0.2) is 23.5 Å². The highest BCUT2D eigenvalue weighted by Gasteiger charge is 2.37. The molecule has 1 aliphatic heterocycles. The van der Waals surface area contributed by atoms with Crippen LogP contribution in [0.1, 0.15) is 85.9 Å². The monoisotopic (exact) mass is 688 g/mol. The smallest absolute Gasteiger partial charge is 0.410 e. The first kappa shape index (κ1) is 36.7. The van der Waals surface area contributed by atoms with Crippen LogP contribution in [0.3, 0.4) is 0 Å². The summed E-state index contributed by atoms with van der Waals surface area (Å²) < 4.78 is 28.5. The first-order valence-corrected chi connectivity index (χ1v) is 19.7. The highest BCUT2D eigenvalue weighted by atomic mass is 35.5. The number of amides is 1. The number of ether oxygens (including phenoxy) is 1. The number of nitrogens with zero attached hydrogens (tertiary/aromatic N) is 6. The molecule has 0 aliphatic carbocycles. The van der Waals surface area contributed by atoms with E-state index in [2.05, 4.69) is 48.8 Å². The molecular formula is C34H50ClFN6O4Si. The summed E-state index contributed by atoms with van der Waals surface area (Å²) in [6, 6.07) is 2.94. The lowest BCUT2D eigenvalue weighted by molar-refractivity contribution is 0.0218. The zero-order chi connectivity index (χ0) is 35.1. The Morgan fingerprint density at radius 1 is 1.15 bits per heavy atom. The molecule has 47 heavy (non-hydrogen) atoms. The lowest BCUT2D eigenvalue weighted by Gasteiger charge is -2.41. The van der Waals surface area contributed by atoms with Gasteiger partial charge in [0.25, 0.3) is 0 Å². The standard InChI is InChI=1S/C34H50ClFN6O4Si/c1-21(2)26-27(23(14-15-37-26)13-12-18-45-47(10,11)34(7,8)9)42-30-24(19-25(36)28(35)38-30)29(39-31(42)43)41-17-16-40(20-22(41)3)32(44)46-33(4,5)6/h14-15,19,21-22H,12-13,16-18,20H2,1-11H3. The van der Waals surface area contributed by atoms with E-state index in [0.29, 0.717) is 55.2 Å². The minimum absolute atomic E-state index is 0.0352. The third kappa shape index (κ3) is 8.14. The zero-order valence-corrected chi connectivity index (χ0v) is 31.5. The number of pyridine rings is 2. The molecule has 4 rings (SSSR count). The van der Waals surface area contributed by atoms with Gasteiger partial charge in [0.2, 0.25) is 0 Å². The number of carbonyl (C=O) groups is 1. The minimum Gasteiger partial charge on any atom is -0.444 e. The van der Waals surface area contributed by atoms with Gasteiger partial charge in [0.1, 0.15) is 11.4 Å². The summed E-state index contributed by atoms with van der Waals surface area (Å²) in [5.74, 6) is -0.461. The van der Waals surface area contributed by atoms with Crippen LogP contribution >= 0.6 is 11.6 Å². The molecule has 1 amide bonds. The highest BCUT2D eigenvalue weighted by molar-refractivity contribution is 6.74. The first-order chi connectivity index (χ1) is 21.7. The fourth-order valence-corrected chi connectivity index (χ4v) is 6.69. The van der Waals surface area contributed by atoms with Gasteiger partial charge in [-0.05, 0) is 82.3 Å². The van der Waals surface area contributed by atoms with Gasteiger partial charge >= 0.3 is 11.8 Å². The number of hydrogen-bond donors (Lipinski definition) is 0. The number of fused-ring (bicyclic) bond motifs is 1. The Hall–Kier alpha value is -3.09. The number of carbonyl (C=O) groups excluding carboxylic acids is 1. The maximum absolute atomic E-state index is 15.1. The lowest BCUT2D eigenvalue weighted by Crippen LogP contribution is -2.55. The Balaban J connectivity index is 1.78. The SMILES string of the molecule is CC(C)c1nccc(CCCO[Si](C)(C)C(C)(C)C)c1-n1c(=O)nc(N2CCN(C(=O)OC(C)(C)C)CC2C)c2cc(F)c(Cl)nc21. The van der Waals surface area contributed by atoms with Crippen LogP contribution < -0.4 is 10.6 Å². The molecule has 0 bridgehead atoms. The average Bonchev–Trinajstić information content (AvgIpc) is 2.94. The van der Waals surface area contributed by atoms with Crippen LogP contribution in [0.25, 0.3) is 16.7 Å². The van der Waals surface area contributed by atoms with Gasteiger partial charge in [-0.3, -0.25) is 4.98 Å². The van der Waals surface area contributed by atoms with E-state index in [9.17, 15) is 9.59 Å². The van der Waals surface area contributed by atoms with Crippen molar-refractivity contribution in [3.05, 3.63) is 51.0 Å². The molecule has 0 radical (unpaired) electrons. The Bertz CT molecular complexity index is 1680.